The number of nitriles is 1. The van der Waals surface area contributed by atoms with Crippen molar-refractivity contribution in [3.8, 4) is 23.3 Å². The molecule has 0 radical (unpaired) electrons. The van der Waals surface area contributed by atoms with E-state index in [0.29, 0.717) is 23.6 Å². The second kappa shape index (κ2) is 7.23. The first kappa shape index (κ1) is 17.6. The average Bonchev–Trinajstić information content (AvgIpc) is 2.49. The summed E-state index contributed by atoms with van der Waals surface area (Å²) in [6.45, 7) is 0.556. The zero-order valence-electron chi connectivity index (χ0n) is 13.1. The molecule has 126 valence electrons. The summed E-state index contributed by atoms with van der Waals surface area (Å²) < 4.78 is 46.0. The fourth-order valence-corrected chi connectivity index (χ4v) is 2.05. The van der Waals surface area contributed by atoms with Gasteiger partial charge in [0.05, 0.1) is 11.6 Å². The second-order valence-corrected chi connectivity index (χ2v) is 5.29. The van der Waals surface area contributed by atoms with Gasteiger partial charge in [-0.05, 0) is 56.6 Å². The van der Waals surface area contributed by atoms with Gasteiger partial charge in [0.1, 0.15) is 17.2 Å². The number of halogens is 3. The Balaban J connectivity index is 2.20. The van der Waals surface area contributed by atoms with Crippen LogP contribution in [-0.4, -0.2) is 25.4 Å². The molecule has 0 N–H and O–H groups in total. The van der Waals surface area contributed by atoms with Crippen molar-refractivity contribution < 1.29 is 22.6 Å². The maximum Gasteiger partial charge on any atom is 0.573 e. The van der Waals surface area contributed by atoms with Crippen LogP contribution in [0.4, 0.5) is 13.2 Å². The molecule has 0 aliphatic heterocycles. The summed E-state index contributed by atoms with van der Waals surface area (Å²) in [5.41, 5.74) is 1.31. The SMILES string of the molecule is CN(C)Cc1cc(C#N)ccc1Oc1ccc(OC(F)(F)F)cc1. The van der Waals surface area contributed by atoms with Gasteiger partial charge >= 0.3 is 6.36 Å². The van der Waals surface area contributed by atoms with Gasteiger partial charge in [0.2, 0.25) is 0 Å². The predicted octanol–water partition coefficient (Wildman–Crippen LogP) is 4.31. The van der Waals surface area contributed by atoms with Gasteiger partial charge in [-0.1, -0.05) is 0 Å². The van der Waals surface area contributed by atoms with Gasteiger partial charge in [-0.3, -0.25) is 0 Å². The highest BCUT2D eigenvalue weighted by molar-refractivity contribution is 5.44. The molecule has 0 bridgehead atoms. The van der Waals surface area contributed by atoms with Gasteiger partial charge < -0.3 is 14.4 Å². The van der Waals surface area contributed by atoms with Gasteiger partial charge in [-0.25, -0.2) is 0 Å². The summed E-state index contributed by atoms with van der Waals surface area (Å²) in [6, 6.07) is 12.2. The Morgan fingerprint density at radius 2 is 1.67 bits per heavy atom. The number of hydrogen-bond donors (Lipinski definition) is 0. The van der Waals surface area contributed by atoms with E-state index in [1.807, 2.05) is 19.0 Å². The number of benzene rings is 2. The Morgan fingerprint density at radius 1 is 1.04 bits per heavy atom. The molecule has 2 rings (SSSR count). The molecule has 7 heteroatoms. The summed E-state index contributed by atoms with van der Waals surface area (Å²) in [4.78, 5) is 1.92. The highest BCUT2D eigenvalue weighted by Crippen LogP contribution is 2.30. The zero-order valence-corrected chi connectivity index (χ0v) is 13.1. The highest BCUT2D eigenvalue weighted by atomic mass is 19.4. The minimum absolute atomic E-state index is 0.316. The summed E-state index contributed by atoms with van der Waals surface area (Å²) in [6.07, 6.45) is -4.73. The summed E-state index contributed by atoms with van der Waals surface area (Å²) in [5.74, 6) is 0.588. The molecule has 4 nitrogen and oxygen atoms in total. The van der Waals surface area contributed by atoms with Gasteiger partial charge in [0.15, 0.2) is 0 Å². The molecule has 0 unspecified atom stereocenters. The maximum absolute atomic E-state index is 12.2. The quantitative estimate of drug-likeness (QED) is 0.816. The van der Waals surface area contributed by atoms with Crippen LogP contribution in [0, 0.1) is 11.3 Å². The first-order valence-corrected chi connectivity index (χ1v) is 6.98. The maximum atomic E-state index is 12.2. The Bertz CT molecular complexity index is 735. The molecule has 0 aliphatic carbocycles. The van der Waals surface area contributed by atoms with E-state index < -0.39 is 6.36 Å². The molecule has 0 aromatic heterocycles. The highest BCUT2D eigenvalue weighted by Gasteiger charge is 2.31. The summed E-state index contributed by atoms with van der Waals surface area (Å²) >= 11 is 0. The van der Waals surface area contributed by atoms with Crippen molar-refractivity contribution in [3.63, 3.8) is 0 Å². The van der Waals surface area contributed by atoms with E-state index in [4.69, 9.17) is 10.00 Å². The number of nitrogens with zero attached hydrogens (tertiary/aromatic N) is 2. The largest absolute Gasteiger partial charge is 0.573 e. The standard InChI is InChI=1S/C17H15F3N2O2/c1-22(2)11-13-9-12(10-21)3-8-16(13)23-14-4-6-15(7-5-14)24-17(18,19)20/h3-9H,11H2,1-2H3. The monoisotopic (exact) mass is 336 g/mol. The molecule has 0 aliphatic rings. The number of rotatable bonds is 5. The van der Waals surface area contributed by atoms with Crippen molar-refractivity contribution in [2.24, 2.45) is 0 Å². The molecule has 0 atom stereocenters. The lowest BCUT2D eigenvalue weighted by Crippen LogP contribution is -2.16. The molecule has 0 saturated heterocycles. The Hall–Kier alpha value is -2.72. The van der Waals surface area contributed by atoms with Gasteiger partial charge in [-0.2, -0.15) is 5.26 Å². The van der Waals surface area contributed by atoms with Crippen LogP contribution in [0.1, 0.15) is 11.1 Å². The van der Waals surface area contributed by atoms with E-state index in [0.717, 1.165) is 5.56 Å². The average molecular weight is 336 g/mol. The fraction of sp³-hybridized carbons (Fsp3) is 0.235. The van der Waals surface area contributed by atoms with Gasteiger partial charge in [0, 0.05) is 12.1 Å². The lowest BCUT2D eigenvalue weighted by atomic mass is 10.1. The Labute approximate surface area is 137 Å². The lowest BCUT2D eigenvalue weighted by Gasteiger charge is -2.15. The number of alkyl halides is 3. The zero-order chi connectivity index (χ0) is 17.7. The molecule has 0 spiro atoms. The molecule has 0 heterocycles. The van der Waals surface area contributed by atoms with Gasteiger partial charge in [-0.15, -0.1) is 13.2 Å². The smallest absolute Gasteiger partial charge is 0.457 e. The molecule has 2 aromatic carbocycles. The lowest BCUT2D eigenvalue weighted by molar-refractivity contribution is -0.274. The van der Waals surface area contributed by atoms with Crippen LogP contribution in [0.5, 0.6) is 17.2 Å². The van der Waals surface area contributed by atoms with Crippen molar-refractivity contribution in [1.82, 2.24) is 4.90 Å². The third kappa shape index (κ3) is 5.18. The Kier molecular flexibility index (Phi) is 5.31. The third-order valence-corrected chi connectivity index (χ3v) is 2.96. The van der Waals surface area contributed by atoms with Crippen molar-refractivity contribution >= 4 is 0 Å². The van der Waals surface area contributed by atoms with Crippen LogP contribution in [0.25, 0.3) is 0 Å². The first-order valence-electron chi connectivity index (χ1n) is 6.98. The van der Waals surface area contributed by atoms with E-state index in [1.54, 1.807) is 18.2 Å². The van der Waals surface area contributed by atoms with E-state index in [-0.39, 0.29) is 5.75 Å². The topological polar surface area (TPSA) is 45.5 Å². The summed E-state index contributed by atoms with van der Waals surface area (Å²) in [5, 5.41) is 8.99. The van der Waals surface area contributed by atoms with Crippen LogP contribution in [0.3, 0.4) is 0 Å². The second-order valence-electron chi connectivity index (χ2n) is 5.29. The van der Waals surface area contributed by atoms with Crippen LogP contribution in [0.2, 0.25) is 0 Å². The number of hydrogen-bond acceptors (Lipinski definition) is 4. The molecule has 24 heavy (non-hydrogen) atoms. The van der Waals surface area contributed by atoms with Crippen LogP contribution in [0.15, 0.2) is 42.5 Å². The van der Waals surface area contributed by atoms with E-state index >= 15 is 0 Å². The third-order valence-electron chi connectivity index (χ3n) is 2.96. The molecule has 0 saturated carbocycles. The van der Waals surface area contributed by atoms with Crippen molar-refractivity contribution in [2.75, 3.05) is 14.1 Å². The number of ether oxygens (including phenoxy) is 2. The molecule has 2 aromatic rings. The predicted molar refractivity (Wildman–Crippen MR) is 81.7 cm³/mol. The Morgan fingerprint density at radius 3 is 2.21 bits per heavy atom. The minimum Gasteiger partial charge on any atom is -0.457 e. The van der Waals surface area contributed by atoms with E-state index in [2.05, 4.69) is 10.8 Å². The van der Waals surface area contributed by atoms with Crippen LogP contribution in [-0.2, 0) is 6.54 Å². The van der Waals surface area contributed by atoms with Crippen molar-refractivity contribution in [2.45, 2.75) is 12.9 Å². The van der Waals surface area contributed by atoms with E-state index in [9.17, 15) is 13.2 Å². The first-order chi connectivity index (χ1) is 11.3. The minimum atomic E-state index is -4.73. The molecular formula is C17H15F3N2O2. The summed E-state index contributed by atoms with van der Waals surface area (Å²) in [7, 11) is 3.76. The fourth-order valence-electron chi connectivity index (χ4n) is 2.05. The molecule has 0 fully saturated rings. The van der Waals surface area contributed by atoms with Gasteiger partial charge in [0.25, 0.3) is 0 Å². The normalized spacial score (nSPS) is 11.2. The van der Waals surface area contributed by atoms with E-state index in [1.165, 1.54) is 24.3 Å². The molecular weight excluding hydrogens is 321 g/mol. The van der Waals surface area contributed by atoms with Crippen LogP contribution >= 0.6 is 0 Å². The van der Waals surface area contributed by atoms with Crippen LogP contribution < -0.4 is 9.47 Å². The van der Waals surface area contributed by atoms with Crippen molar-refractivity contribution in [1.29, 1.82) is 5.26 Å². The molecule has 0 amide bonds. The van der Waals surface area contributed by atoms with Crippen molar-refractivity contribution in [3.05, 3.63) is 53.6 Å².